The van der Waals surface area contributed by atoms with Gasteiger partial charge >= 0.3 is 0 Å². The molecule has 80 valence electrons. The molecule has 0 aliphatic rings. The minimum atomic E-state index is 0.477. The monoisotopic (exact) mass is 325 g/mol. The fourth-order valence-electron chi connectivity index (χ4n) is 1.42. The standard InChI is InChI=1S/C10H16INOS/c1-12-9(4-3-5-13-2)8-6-10(11)14-7-8/h6-7,9,12H,3-5H2,1-2H3. The molecule has 0 spiro atoms. The molecule has 2 nitrogen and oxygen atoms in total. The van der Waals surface area contributed by atoms with E-state index in [2.05, 4.69) is 39.4 Å². The lowest BCUT2D eigenvalue weighted by atomic mass is 10.1. The Hall–Kier alpha value is 0.350. The molecule has 14 heavy (non-hydrogen) atoms. The van der Waals surface area contributed by atoms with Crippen LogP contribution in [0.1, 0.15) is 24.4 Å². The molecule has 0 aliphatic heterocycles. The van der Waals surface area contributed by atoms with Crippen molar-refractivity contribution in [1.82, 2.24) is 5.32 Å². The Morgan fingerprint density at radius 2 is 2.43 bits per heavy atom. The van der Waals surface area contributed by atoms with Gasteiger partial charge in [0.2, 0.25) is 0 Å². The van der Waals surface area contributed by atoms with Crippen LogP contribution < -0.4 is 5.32 Å². The number of ether oxygens (including phenoxy) is 1. The highest BCUT2D eigenvalue weighted by Crippen LogP contribution is 2.24. The molecule has 1 atom stereocenters. The molecule has 4 heteroatoms. The summed E-state index contributed by atoms with van der Waals surface area (Å²) in [4.78, 5) is 0. The normalized spacial score (nSPS) is 13.1. The van der Waals surface area contributed by atoms with Crippen LogP contribution in [-0.4, -0.2) is 20.8 Å². The Balaban J connectivity index is 2.45. The largest absolute Gasteiger partial charge is 0.385 e. The lowest BCUT2D eigenvalue weighted by molar-refractivity contribution is 0.189. The minimum absolute atomic E-state index is 0.477. The summed E-state index contributed by atoms with van der Waals surface area (Å²) >= 11 is 4.16. The van der Waals surface area contributed by atoms with E-state index in [1.165, 1.54) is 8.45 Å². The van der Waals surface area contributed by atoms with Crippen LogP contribution in [0.3, 0.4) is 0 Å². The predicted octanol–water partition coefficient (Wildman–Crippen LogP) is 3.04. The van der Waals surface area contributed by atoms with E-state index in [4.69, 9.17) is 4.74 Å². The van der Waals surface area contributed by atoms with Crippen LogP contribution in [0.4, 0.5) is 0 Å². The maximum Gasteiger partial charge on any atom is 0.0656 e. The van der Waals surface area contributed by atoms with E-state index < -0.39 is 0 Å². The number of halogens is 1. The van der Waals surface area contributed by atoms with Gasteiger partial charge in [0.15, 0.2) is 0 Å². The summed E-state index contributed by atoms with van der Waals surface area (Å²) in [6.45, 7) is 0.847. The quantitative estimate of drug-likeness (QED) is 0.641. The molecule has 1 aromatic heterocycles. The summed E-state index contributed by atoms with van der Waals surface area (Å²) in [7, 11) is 3.77. The number of hydrogen-bond acceptors (Lipinski definition) is 3. The van der Waals surface area contributed by atoms with E-state index in [1.54, 1.807) is 18.4 Å². The average molecular weight is 325 g/mol. The highest BCUT2D eigenvalue weighted by Gasteiger charge is 2.10. The van der Waals surface area contributed by atoms with Crippen molar-refractivity contribution in [3.63, 3.8) is 0 Å². The van der Waals surface area contributed by atoms with Crippen LogP contribution in [0.5, 0.6) is 0 Å². The predicted molar refractivity (Wildman–Crippen MR) is 69.9 cm³/mol. The zero-order valence-electron chi connectivity index (χ0n) is 8.55. The fourth-order valence-corrected chi connectivity index (χ4v) is 2.84. The molecule has 1 heterocycles. The van der Waals surface area contributed by atoms with Gasteiger partial charge in [-0.15, -0.1) is 11.3 Å². The van der Waals surface area contributed by atoms with E-state index in [0.29, 0.717) is 6.04 Å². The van der Waals surface area contributed by atoms with Crippen molar-refractivity contribution in [2.45, 2.75) is 18.9 Å². The molecule has 0 aromatic carbocycles. The molecule has 0 aliphatic carbocycles. The topological polar surface area (TPSA) is 21.3 Å². The first-order valence-electron chi connectivity index (χ1n) is 4.68. The molecule has 0 radical (unpaired) electrons. The van der Waals surface area contributed by atoms with Crippen LogP contribution in [0.2, 0.25) is 0 Å². The van der Waals surface area contributed by atoms with E-state index in [1.807, 2.05) is 7.05 Å². The molecule has 0 bridgehead atoms. The molecular formula is C10H16INOS. The first kappa shape index (κ1) is 12.4. The molecule has 1 aromatic rings. The molecule has 0 fully saturated rings. The van der Waals surface area contributed by atoms with Gasteiger partial charge in [-0.3, -0.25) is 0 Å². The van der Waals surface area contributed by atoms with Gasteiger partial charge in [0.1, 0.15) is 0 Å². The molecular weight excluding hydrogens is 309 g/mol. The third-order valence-corrected chi connectivity index (χ3v) is 3.99. The lowest BCUT2D eigenvalue weighted by Crippen LogP contribution is -2.16. The third-order valence-electron chi connectivity index (χ3n) is 2.18. The maximum atomic E-state index is 5.05. The van der Waals surface area contributed by atoms with Crippen molar-refractivity contribution in [3.05, 3.63) is 19.9 Å². The van der Waals surface area contributed by atoms with Gasteiger partial charge in [-0.25, -0.2) is 0 Å². The second-order valence-corrected chi connectivity index (χ2v) is 5.97. The van der Waals surface area contributed by atoms with Gasteiger partial charge in [-0.2, -0.15) is 0 Å². The van der Waals surface area contributed by atoms with Gasteiger partial charge in [0.05, 0.1) is 2.88 Å². The van der Waals surface area contributed by atoms with E-state index in [-0.39, 0.29) is 0 Å². The minimum Gasteiger partial charge on any atom is -0.385 e. The first-order chi connectivity index (χ1) is 6.77. The number of thiophene rings is 1. The van der Waals surface area contributed by atoms with Crippen LogP contribution >= 0.6 is 33.9 Å². The Labute approximate surface area is 103 Å². The van der Waals surface area contributed by atoms with Gasteiger partial charge < -0.3 is 10.1 Å². The fraction of sp³-hybridized carbons (Fsp3) is 0.600. The summed E-state index contributed by atoms with van der Waals surface area (Å²) in [5, 5.41) is 5.57. The van der Waals surface area contributed by atoms with E-state index >= 15 is 0 Å². The molecule has 0 saturated carbocycles. The van der Waals surface area contributed by atoms with Crippen molar-refractivity contribution in [3.8, 4) is 0 Å². The Morgan fingerprint density at radius 1 is 1.64 bits per heavy atom. The van der Waals surface area contributed by atoms with E-state index in [9.17, 15) is 0 Å². The SMILES string of the molecule is CNC(CCCOC)c1csc(I)c1. The van der Waals surface area contributed by atoms with Crippen LogP contribution in [-0.2, 0) is 4.74 Å². The van der Waals surface area contributed by atoms with Gasteiger partial charge in [-0.05, 0) is 59.5 Å². The van der Waals surface area contributed by atoms with Crippen molar-refractivity contribution in [2.75, 3.05) is 20.8 Å². The summed E-state index contributed by atoms with van der Waals surface area (Å²) in [6.07, 6.45) is 2.24. The number of hydrogen-bond donors (Lipinski definition) is 1. The Bertz CT molecular complexity index is 264. The van der Waals surface area contributed by atoms with Crippen LogP contribution in [0, 0.1) is 2.88 Å². The van der Waals surface area contributed by atoms with Gasteiger partial charge in [0, 0.05) is 19.8 Å². The van der Waals surface area contributed by atoms with Crippen LogP contribution in [0.25, 0.3) is 0 Å². The second-order valence-electron chi connectivity index (χ2n) is 3.16. The zero-order valence-corrected chi connectivity index (χ0v) is 11.5. The second kappa shape index (κ2) is 6.76. The summed E-state index contributed by atoms with van der Waals surface area (Å²) < 4.78 is 6.40. The highest BCUT2D eigenvalue weighted by molar-refractivity contribution is 14.1. The third kappa shape index (κ3) is 3.84. The van der Waals surface area contributed by atoms with Gasteiger partial charge in [0.25, 0.3) is 0 Å². The lowest BCUT2D eigenvalue weighted by Gasteiger charge is -2.14. The van der Waals surface area contributed by atoms with Crippen molar-refractivity contribution in [2.24, 2.45) is 0 Å². The number of nitrogens with one attached hydrogen (secondary N) is 1. The maximum absolute atomic E-state index is 5.05. The van der Waals surface area contributed by atoms with Crippen LogP contribution in [0.15, 0.2) is 11.4 Å². The molecule has 0 amide bonds. The van der Waals surface area contributed by atoms with Crippen molar-refractivity contribution in [1.29, 1.82) is 0 Å². The molecule has 1 N–H and O–H groups in total. The Kier molecular flexibility index (Phi) is 6.00. The summed E-state index contributed by atoms with van der Waals surface area (Å²) in [5.41, 5.74) is 1.40. The molecule has 1 unspecified atom stereocenters. The number of rotatable bonds is 6. The van der Waals surface area contributed by atoms with E-state index in [0.717, 1.165) is 19.4 Å². The summed E-state index contributed by atoms with van der Waals surface area (Å²) in [5.74, 6) is 0. The summed E-state index contributed by atoms with van der Waals surface area (Å²) in [6, 6.07) is 2.73. The first-order valence-corrected chi connectivity index (χ1v) is 6.64. The highest BCUT2D eigenvalue weighted by atomic mass is 127. The van der Waals surface area contributed by atoms with Crippen molar-refractivity contribution >= 4 is 33.9 Å². The van der Waals surface area contributed by atoms with Crippen molar-refractivity contribution < 1.29 is 4.74 Å². The average Bonchev–Trinajstić information content (AvgIpc) is 2.60. The molecule has 0 saturated heterocycles. The molecule has 1 rings (SSSR count). The smallest absolute Gasteiger partial charge is 0.0656 e. The number of methoxy groups -OCH3 is 1. The zero-order chi connectivity index (χ0) is 10.4. The van der Waals surface area contributed by atoms with Gasteiger partial charge in [-0.1, -0.05) is 0 Å². The Morgan fingerprint density at radius 3 is 2.93 bits per heavy atom.